The van der Waals surface area contributed by atoms with Crippen LogP contribution in [-0.2, 0) is 7.05 Å². The highest BCUT2D eigenvalue weighted by Crippen LogP contribution is 2.13. The lowest BCUT2D eigenvalue weighted by Gasteiger charge is -1.96. The summed E-state index contributed by atoms with van der Waals surface area (Å²) in [6.45, 7) is 0. The number of nitrogen functional groups attached to an aromatic ring is 1. The predicted molar refractivity (Wildman–Crippen MR) is 52.5 cm³/mol. The number of fused-ring (bicyclic) bond motifs is 1. The van der Waals surface area contributed by atoms with Gasteiger partial charge in [0.25, 0.3) is 0 Å². The second-order valence-electron chi connectivity index (χ2n) is 3.02. The molecule has 0 aliphatic rings. The van der Waals surface area contributed by atoms with Gasteiger partial charge in [0, 0.05) is 12.6 Å². The molecule has 3 N–H and O–H groups in total. The van der Waals surface area contributed by atoms with Crippen LogP contribution in [0.25, 0.3) is 11.1 Å². The van der Waals surface area contributed by atoms with Crippen LogP contribution in [0.5, 0.6) is 0 Å². The van der Waals surface area contributed by atoms with Gasteiger partial charge >= 0.3 is 5.76 Å². The van der Waals surface area contributed by atoms with Crippen LogP contribution in [0.3, 0.4) is 0 Å². The van der Waals surface area contributed by atoms with E-state index in [2.05, 4.69) is 0 Å². The molecule has 1 aromatic heterocycles. The Kier molecular flexibility index (Phi) is 1.67. The van der Waals surface area contributed by atoms with Gasteiger partial charge < -0.3 is 10.2 Å². The van der Waals surface area contributed by atoms with Crippen molar-refractivity contribution in [2.24, 2.45) is 12.8 Å². The zero-order chi connectivity index (χ0) is 10.3. The van der Waals surface area contributed by atoms with Gasteiger partial charge in [0.15, 0.2) is 5.58 Å². The van der Waals surface area contributed by atoms with Crippen LogP contribution in [-0.4, -0.2) is 10.4 Å². The van der Waals surface area contributed by atoms with E-state index in [0.717, 1.165) is 0 Å². The summed E-state index contributed by atoms with van der Waals surface area (Å²) in [7, 11) is 1.63. The Balaban J connectivity index is 2.80. The summed E-state index contributed by atoms with van der Waals surface area (Å²) >= 11 is 0. The summed E-state index contributed by atoms with van der Waals surface area (Å²) in [5.41, 5.74) is 7.00. The minimum absolute atomic E-state index is 0.0431. The molecule has 0 saturated heterocycles. The van der Waals surface area contributed by atoms with Crippen molar-refractivity contribution < 1.29 is 4.42 Å². The number of oxazole rings is 1. The lowest BCUT2D eigenvalue weighted by molar-refractivity contribution is 0.528. The summed E-state index contributed by atoms with van der Waals surface area (Å²) in [4.78, 5) is 11.1. The smallest absolute Gasteiger partial charge is 0.408 e. The van der Waals surface area contributed by atoms with Crippen molar-refractivity contribution in [3.8, 4) is 0 Å². The number of nitrogens with two attached hydrogens (primary N) is 1. The van der Waals surface area contributed by atoms with E-state index in [1.54, 1.807) is 25.2 Å². The number of benzene rings is 1. The maximum Gasteiger partial charge on any atom is 0.419 e. The standard InChI is InChI=1S/C9H9N3O2/c1-12-6-3-2-5(8(10)11)4-7(6)14-9(12)13/h2-4H,1H3,(H3,10,11). The first-order valence-electron chi connectivity index (χ1n) is 4.03. The molecule has 0 atom stereocenters. The first-order chi connectivity index (χ1) is 6.59. The molecule has 0 bridgehead atoms. The van der Waals surface area contributed by atoms with Gasteiger partial charge in [-0.1, -0.05) is 0 Å². The molecule has 0 saturated carbocycles. The fourth-order valence-electron chi connectivity index (χ4n) is 1.30. The third kappa shape index (κ3) is 1.10. The monoisotopic (exact) mass is 191 g/mol. The van der Waals surface area contributed by atoms with Crippen molar-refractivity contribution in [2.45, 2.75) is 0 Å². The molecule has 1 aromatic carbocycles. The van der Waals surface area contributed by atoms with E-state index in [4.69, 9.17) is 15.6 Å². The fraction of sp³-hybridized carbons (Fsp3) is 0.111. The number of hydrogen-bond donors (Lipinski definition) is 2. The Bertz CT molecular complexity index is 565. The topological polar surface area (TPSA) is 85.0 Å². The lowest BCUT2D eigenvalue weighted by atomic mass is 10.2. The maximum atomic E-state index is 11.1. The van der Waals surface area contributed by atoms with Gasteiger partial charge in [-0.2, -0.15) is 0 Å². The summed E-state index contributed by atoms with van der Waals surface area (Å²) in [5, 5.41) is 7.22. The van der Waals surface area contributed by atoms with Gasteiger partial charge in [-0.3, -0.25) is 9.98 Å². The average Bonchev–Trinajstić information content (AvgIpc) is 2.42. The Hall–Kier alpha value is -2.04. The minimum Gasteiger partial charge on any atom is -0.408 e. The third-order valence-electron chi connectivity index (χ3n) is 2.10. The average molecular weight is 191 g/mol. The Labute approximate surface area is 79.3 Å². The fourth-order valence-corrected chi connectivity index (χ4v) is 1.30. The summed E-state index contributed by atoms with van der Waals surface area (Å²) in [5.74, 6) is -0.459. The second kappa shape index (κ2) is 2.73. The molecule has 0 aliphatic carbocycles. The van der Waals surface area contributed by atoms with Crippen LogP contribution in [0, 0.1) is 5.41 Å². The summed E-state index contributed by atoms with van der Waals surface area (Å²) in [6, 6.07) is 4.97. The molecular formula is C9H9N3O2. The molecule has 72 valence electrons. The molecule has 0 fully saturated rings. The Morgan fingerprint density at radius 1 is 1.57 bits per heavy atom. The maximum absolute atomic E-state index is 11.1. The van der Waals surface area contributed by atoms with E-state index in [9.17, 15) is 4.79 Å². The largest absolute Gasteiger partial charge is 0.419 e. The number of rotatable bonds is 1. The molecule has 0 radical (unpaired) electrons. The number of nitrogens with zero attached hydrogens (tertiary/aromatic N) is 1. The first kappa shape index (κ1) is 8.55. The molecule has 14 heavy (non-hydrogen) atoms. The van der Waals surface area contributed by atoms with Gasteiger partial charge in [-0.15, -0.1) is 0 Å². The van der Waals surface area contributed by atoms with E-state index in [1.165, 1.54) is 4.57 Å². The third-order valence-corrected chi connectivity index (χ3v) is 2.10. The quantitative estimate of drug-likeness (QED) is 0.506. The van der Waals surface area contributed by atoms with Crippen LogP contribution in [0.4, 0.5) is 0 Å². The van der Waals surface area contributed by atoms with Crippen LogP contribution < -0.4 is 11.5 Å². The number of amidine groups is 1. The van der Waals surface area contributed by atoms with E-state index in [-0.39, 0.29) is 5.84 Å². The highest BCUT2D eigenvalue weighted by molar-refractivity contribution is 5.97. The highest BCUT2D eigenvalue weighted by atomic mass is 16.4. The molecule has 2 aromatic rings. The first-order valence-corrected chi connectivity index (χ1v) is 4.03. The molecule has 2 rings (SSSR count). The summed E-state index contributed by atoms with van der Waals surface area (Å²) < 4.78 is 6.35. The molecule has 5 nitrogen and oxygen atoms in total. The zero-order valence-corrected chi connectivity index (χ0v) is 7.57. The van der Waals surface area contributed by atoms with Crippen molar-refractivity contribution in [3.05, 3.63) is 34.3 Å². The highest BCUT2D eigenvalue weighted by Gasteiger charge is 2.06. The van der Waals surface area contributed by atoms with Crippen molar-refractivity contribution in [1.82, 2.24) is 4.57 Å². The molecular weight excluding hydrogens is 182 g/mol. The van der Waals surface area contributed by atoms with Crippen LogP contribution in [0.15, 0.2) is 27.4 Å². The van der Waals surface area contributed by atoms with E-state index in [1.807, 2.05) is 0 Å². The molecule has 0 unspecified atom stereocenters. The van der Waals surface area contributed by atoms with Gasteiger partial charge in [-0.05, 0) is 18.2 Å². The molecule has 0 amide bonds. The van der Waals surface area contributed by atoms with Crippen molar-refractivity contribution in [1.29, 1.82) is 5.41 Å². The van der Waals surface area contributed by atoms with Crippen molar-refractivity contribution in [3.63, 3.8) is 0 Å². The van der Waals surface area contributed by atoms with Gasteiger partial charge in [-0.25, -0.2) is 4.79 Å². The number of aryl methyl sites for hydroxylation is 1. The van der Waals surface area contributed by atoms with Crippen LogP contribution in [0.1, 0.15) is 5.56 Å². The number of nitrogens with one attached hydrogen (secondary N) is 1. The van der Waals surface area contributed by atoms with Gasteiger partial charge in [0.2, 0.25) is 0 Å². The normalized spacial score (nSPS) is 10.6. The number of aromatic nitrogens is 1. The van der Waals surface area contributed by atoms with Gasteiger partial charge in [0.05, 0.1) is 5.52 Å². The Morgan fingerprint density at radius 2 is 2.29 bits per heavy atom. The van der Waals surface area contributed by atoms with Crippen LogP contribution in [0.2, 0.25) is 0 Å². The Morgan fingerprint density at radius 3 is 2.93 bits per heavy atom. The predicted octanol–water partition coefficient (Wildman–Crippen LogP) is 0.416. The molecule has 0 aliphatic heterocycles. The second-order valence-corrected chi connectivity index (χ2v) is 3.02. The van der Waals surface area contributed by atoms with Crippen LogP contribution >= 0.6 is 0 Å². The minimum atomic E-state index is -0.416. The van der Waals surface area contributed by atoms with Gasteiger partial charge in [0.1, 0.15) is 5.84 Å². The molecule has 0 spiro atoms. The van der Waals surface area contributed by atoms with E-state index < -0.39 is 5.76 Å². The van der Waals surface area contributed by atoms with Crippen molar-refractivity contribution >= 4 is 16.9 Å². The van der Waals surface area contributed by atoms with E-state index >= 15 is 0 Å². The summed E-state index contributed by atoms with van der Waals surface area (Å²) in [6.07, 6.45) is 0. The molecule has 5 heteroatoms. The van der Waals surface area contributed by atoms with E-state index in [0.29, 0.717) is 16.7 Å². The zero-order valence-electron chi connectivity index (χ0n) is 7.57. The molecule has 1 heterocycles. The lowest BCUT2D eigenvalue weighted by Crippen LogP contribution is -2.10. The number of hydrogen-bond acceptors (Lipinski definition) is 3. The van der Waals surface area contributed by atoms with Crippen molar-refractivity contribution in [2.75, 3.05) is 0 Å². The SMILES string of the molecule is Cn1c(=O)oc2cc(C(=N)N)ccc21.